The number of hydrogen-bond acceptors (Lipinski definition) is 4. The van der Waals surface area contributed by atoms with E-state index in [4.69, 9.17) is 4.42 Å². The smallest absolute Gasteiger partial charge is 0.217 e. The summed E-state index contributed by atoms with van der Waals surface area (Å²) in [6.45, 7) is 6.35. The van der Waals surface area contributed by atoms with Crippen molar-refractivity contribution in [1.82, 2.24) is 15.5 Å². The summed E-state index contributed by atoms with van der Waals surface area (Å²) in [5.41, 5.74) is 0. The van der Waals surface area contributed by atoms with Crippen molar-refractivity contribution in [3.05, 3.63) is 11.8 Å². The summed E-state index contributed by atoms with van der Waals surface area (Å²) in [5.74, 6) is 1.56. The van der Waals surface area contributed by atoms with Crippen molar-refractivity contribution >= 4 is 0 Å². The minimum Gasteiger partial charge on any atom is -0.425 e. The fraction of sp³-hybridized carbons (Fsp3) is 0.846. The van der Waals surface area contributed by atoms with Gasteiger partial charge >= 0.3 is 0 Å². The van der Waals surface area contributed by atoms with E-state index in [0.29, 0.717) is 0 Å². The molecule has 1 N–H and O–H groups in total. The third-order valence-electron chi connectivity index (χ3n) is 2.70. The van der Waals surface area contributed by atoms with E-state index < -0.39 is 0 Å². The number of nitrogens with one attached hydrogen (secondary N) is 1. The van der Waals surface area contributed by atoms with Crippen LogP contribution in [0.2, 0.25) is 0 Å². The first-order valence-electron chi connectivity index (χ1n) is 6.88. The van der Waals surface area contributed by atoms with Gasteiger partial charge < -0.3 is 9.73 Å². The molecule has 0 aliphatic rings. The van der Waals surface area contributed by atoms with Crippen LogP contribution in [0.5, 0.6) is 0 Å². The van der Waals surface area contributed by atoms with E-state index in [1.165, 1.54) is 19.3 Å². The van der Waals surface area contributed by atoms with E-state index in [1.807, 2.05) is 0 Å². The van der Waals surface area contributed by atoms with E-state index in [9.17, 15) is 0 Å². The van der Waals surface area contributed by atoms with Crippen LogP contribution in [0.1, 0.15) is 57.7 Å². The highest BCUT2D eigenvalue weighted by molar-refractivity contribution is 4.82. The van der Waals surface area contributed by atoms with Crippen LogP contribution in [0.3, 0.4) is 0 Å². The minimum absolute atomic E-state index is 0.763. The van der Waals surface area contributed by atoms with Gasteiger partial charge in [-0.1, -0.05) is 33.1 Å². The number of aryl methyl sites for hydroxylation is 1. The normalized spacial score (nSPS) is 10.9. The fourth-order valence-electron chi connectivity index (χ4n) is 1.69. The maximum Gasteiger partial charge on any atom is 0.217 e. The molecule has 0 unspecified atom stereocenters. The van der Waals surface area contributed by atoms with E-state index in [-0.39, 0.29) is 0 Å². The average Bonchev–Trinajstić information content (AvgIpc) is 2.78. The maximum absolute atomic E-state index is 5.58. The second-order valence-corrected chi connectivity index (χ2v) is 4.40. The van der Waals surface area contributed by atoms with Crippen LogP contribution in [-0.2, 0) is 12.8 Å². The molecule has 0 atom stereocenters. The summed E-state index contributed by atoms with van der Waals surface area (Å²) in [5, 5.41) is 11.4. The van der Waals surface area contributed by atoms with Crippen LogP contribution in [0, 0.1) is 0 Å². The number of unbranched alkanes of at least 4 members (excludes halogenated alkanes) is 3. The molecule has 1 heterocycles. The monoisotopic (exact) mass is 239 g/mol. The molecule has 1 aromatic heterocycles. The van der Waals surface area contributed by atoms with Crippen molar-refractivity contribution in [2.24, 2.45) is 0 Å². The van der Waals surface area contributed by atoms with Crippen molar-refractivity contribution in [2.45, 2.75) is 58.8 Å². The van der Waals surface area contributed by atoms with Crippen molar-refractivity contribution < 1.29 is 4.42 Å². The summed E-state index contributed by atoms with van der Waals surface area (Å²) in [4.78, 5) is 0. The molecule has 17 heavy (non-hydrogen) atoms. The zero-order chi connectivity index (χ0) is 12.3. The third-order valence-corrected chi connectivity index (χ3v) is 2.70. The molecule has 0 fully saturated rings. The van der Waals surface area contributed by atoms with Gasteiger partial charge in [-0.25, -0.2) is 0 Å². The molecule has 1 aromatic rings. The van der Waals surface area contributed by atoms with Gasteiger partial charge in [0.1, 0.15) is 0 Å². The van der Waals surface area contributed by atoms with E-state index in [0.717, 1.165) is 50.6 Å². The molecular formula is C13H25N3O. The maximum atomic E-state index is 5.58. The summed E-state index contributed by atoms with van der Waals surface area (Å²) < 4.78 is 5.58. The molecule has 98 valence electrons. The third kappa shape index (κ3) is 6.41. The first-order chi connectivity index (χ1) is 8.36. The lowest BCUT2D eigenvalue weighted by atomic mass is 10.1. The number of hydrogen-bond donors (Lipinski definition) is 1. The van der Waals surface area contributed by atoms with Gasteiger partial charge in [-0.15, -0.1) is 10.2 Å². The van der Waals surface area contributed by atoms with Crippen LogP contribution >= 0.6 is 0 Å². The molecule has 4 nitrogen and oxygen atoms in total. The van der Waals surface area contributed by atoms with Gasteiger partial charge in [0.25, 0.3) is 0 Å². The number of aromatic nitrogens is 2. The summed E-state index contributed by atoms with van der Waals surface area (Å²) >= 11 is 0. The highest BCUT2D eigenvalue weighted by atomic mass is 16.4. The lowest BCUT2D eigenvalue weighted by Crippen LogP contribution is -2.17. The van der Waals surface area contributed by atoms with E-state index in [1.54, 1.807) is 0 Å². The molecule has 0 bridgehead atoms. The number of nitrogens with zero attached hydrogens (tertiary/aromatic N) is 2. The lowest BCUT2D eigenvalue weighted by Gasteiger charge is -1.98. The van der Waals surface area contributed by atoms with Crippen LogP contribution < -0.4 is 5.32 Å². The van der Waals surface area contributed by atoms with Crippen LogP contribution in [0.4, 0.5) is 0 Å². The summed E-state index contributed by atoms with van der Waals surface area (Å²) in [7, 11) is 0. The average molecular weight is 239 g/mol. The molecule has 0 radical (unpaired) electrons. The Morgan fingerprint density at radius 2 is 1.65 bits per heavy atom. The lowest BCUT2D eigenvalue weighted by molar-refractivity contribution is 0.436. The zero-order valence-corrected chi connectivity index (χ0v) is 11.2. The second-order valence-electron chi connectivity index (χ2n) is 4.40. The zero-order valence-electron chi connectivity index (χ0n) is 11.2. The Labute approximate surface area is 104 Å². The highest BCUT2D eigenvalue weighted by Crippen LogP contribution is 2.07. The fourth-order valence-corrected chi connectivity index (χ4v) is 1.69. The summed E-state index contributed by atoms with van der Waals surface area (Å²) in [6, 6.07) is 0. The topological polar surface area (TPSA) is 51.0 Å². The summed E-state index contributed by atoms with van der Waals surface area (Å²) in [6.07, 6.45) is 7.89. The Morgan fingerprint density at radius 3 is 2.35 bits per heavy atom. The van der Waals surface area contributed by atoms with Gasteiger partial charge in [0, 0.05) is 19.4 Å². The quantitative estimate of drug-likeness (QED) is 0.638. The molecule has 0 aromatic carbocycles. The van der Waals surface area contributed by atoms with Crippen molar-refractivity contribution in [2.75, 3.05) is 13.1 Å². The second kappa shape index (κ2) is 9.16. The SMILES string of the molecule is CCCCCCc1nnc(CCNCCC)o1. The van der Waals surface area contributed by atoms with Crippen molar-refractivity contribution in [3.63, 3.8) is 0 Å². The predicted molar refractivity (Wildman–Crippen MR) is 69.0 cm³/mol. The predicted octanol–water partition coefficient (Wildman–Crippen LogP) is 2.73. The largest absolute Gasteiger partial charge is 0.425 e. The van der Waals surface area contributed by atoms with Gasteiger partial charge in [0.2, 0.25) is 11.8 Å². The Morgan fingerprint density at radius 1 is 0.882 bits per heavy atom. The molecule has 0 saturated carbocycles. The van der Waals surface area contributed by atoms with E-state index >= 15 is 0 Å². The van der Waals surface area contributed by atoms with E-state index in [2.05, 4.69) is 29.4 Å². The first-order valence-corrected chi connectivity index (χ1v) is 6.88. The molecule has 0 aliphatic carbocycles. The molecule has 0 saturated heterocycles. The van der Waals surface area contributed by atoms with Gasteiger partial charge in [-0.3, -0.25) is 0 Å². The molecule has 1 rings (SSSR count). The highest BCUT2D eigenvalue weighted by Gasteiger charge is 2.05. The Bertz CT molecular complexity index is 259. The Hall–Kier alpha value is -0.900. The van der Waals surface area contributed by atoms with Crippen LogP contribution in [-0.4, -0.2) is 23.3 Å². The number of rotatable bonds is 10. The van der Waals surface area contributed by atoms with Gasteiger partial charge in [-0.2, -0.15) is 0 Å². The molecule has 0 aliphatic heterocycles. The molecule has 0 amide bonds. The molecule has 4 heteroatoms. The van der Waals surface area contributed by atoms with Gasteiger partial charge in [0.15, 0.2) is 0 Å². The minimum atomic E-state index is 0.763. The first kappa shape index (κ1) is 14.2. The van der Waals surface area contributed by atoms with Gasteiger partial charge in [-0.05, 0) is 19.4 Å². The van der Waals surface area contributed by atoms with Crippen molar-refractivity contribution in [1.29, 1.82) is 0 Å². The van der Waals surface area contributed by atoms with Crippen molar-refractivity contribution in [3.8, 4) is 0 Å². The Balaban J connectivity index is 2.14. The molecule has 0 spiro atoms. The molecular weight excluding hydrogens is 214 g/mol. The van der Waals surface area contributed by atoms with Gasteiger partial charge in [0.05, 0.1) is 0 Å². The van der Waals surface area contributed by atoms with Crippen LogP contribution in [0.25, 0.3) is 0 Å². The standard InChI is InChI=1S/C13H25N3O/c1-3-5-6-7-8-12-15-16-13(17-12)9-11-14-10-4-2/h14H,3-11H2,1-2H3. The van der Waals surface area contributed by atoms with Crippen LogP contribution in [0.15, 0.2) is 4.42 Å². The Kier molecular flexibility index (Phi) is 7.63.